The van der Waals surface area contributed by atoms with E-state index >= 15 is 0 Å². The normalized spacial score (nSPS) is 18.9. The Morgan fingerprint density at radius 1 is 1.32 bits per heavy atom. The molecule has 0 amide bonds. The lowest BCUT2D eigenvalue weighted by molar-refractivity contribution is 0.113. The number of nitrogens with zero attached hydrogens (tertiary/aromatic N) is 1. The zero-order chi connectivity index (χ0) is 13.7. The van der Waals surface area contributed by atoms with Crippen LogP contribution >= 0.6 is 0 Å². The quantitative estimate of drug-likeness (QED) is 0.828. The standard InChI is InChI=1S/C16H28N2O/c1-16(2,3)14-6-9-18(10-7-14)11-8-17-13-15-5-4-12-19-15/h4-5,12,14,17H,6-11,13H2,1-3H3. The van der Waals surface area contributed by atoms with Gasteiger partial charge in [-0.3, -0.25) is 0 Å². The van der Waals surface area contributed by atoms with Gasteiger partial charge in [-0.1, -0.05) is 20.8 Å². The highest BCUT2D eigenvalue weighted by Crippen LogP contribution is 2.33. The van der Waals surface area contributed by atoms with Crippen LogP contribution < -0.4 is 5.32 Å². The predicted octanol–water partition coefficient (Wildman–Crippen LogP) is 3.13. The summed E-state index contributed by atoms with van der Waals surface area (Å²) in [5, 5.41) is 3.44. The van der Waals surface area contributed by atoms with E-state index in [1.54, 1.807) is 6.26 Å². The SMILES string of the molecule is CC(C)(C)C1CCN(CCNCc2ccco2)CC1. The molecule has 3 heteroatoms. The van der Waals surface area contributed by atoms with Gasteiger partial charge in [0.05, 0.1) is 12.8 Å². The van der Waals surface area contributed by atoms with E-state index in [2.05, 4.69) is 31.0 Å². The molecule has 0 saturated carbocycles. The predicted molar refractivity (Wildman–Crippen MR) is 79.0 cm³/mol. The summed E-state index contributed by atoms with van der Waals surface area (Å²) in [5.74, 6) is 1.91. The summed E-state index contributed by atoms with van der Waals surface area (Å²) in [5.41, 5.74) is 0.476. The third-order valence-electron chi connectivity index (χ3n) is 4.30. The summed E-state index contributed by atoms with van der Waals surface area (Å²) in [6.45, 7) is 12.7. The fourth-order valence-electron chi connectivity index (χ4n) is 2.88. The minimum absolute atomic E-state index is 0.476. The van der Waals surface area contributed by atoms with Gasteiger partial charge in [0, 0.05) is 13.1 Å². The van der Waals surface area contributed by atoms with Gasteiger partial charge in [0.1, 0.15) is 5.76 Å². The average Bonchev–Trinajstić information content (AvgIpc) is 2.87. The van der Waals surface area contributed by atoms with Crippen molar-refractivity contribution in [1.29, 1.82) is 0 Å². The van der Waals surface area contributed by atoms with Crippen molar-refractivity contribution >= 4 is 0 Å². The largest absolute Gasteiger partial charge is 0.468 e. The van der Waals surface area contributed by atoms with Crippen LogP contribution in [-0.2, 0) is 6.54 Å². The molecule has 1 aromatic rings. The molecule has 1 fully saturated rings. The Hall–Kier alpha value is -0.800. The fraction of sp³-hybridized carbons (Fsp3) is 0.750. The minimum atomic E-state index is 0.476. The lowest BCUT2D eigenvalue weighted by atomic mass is 9.75. The van der Waals surface area contributed by atoms with Crippen LogP contribution in [0.15, 0.2) is 22.8 Å². The van der Waals surface area contributed by atoms with Crippen molar-refractivity contribution in [3.63, 3.8) is 0 Å². The van der Waals surface area contributed by atoms with Crippen LogP contribution in [0.1, 0.15) is 39.4 Å². The summed E-state index contributed by atoms with van der Waals surface area (Å²) in [6.07, 6.45) is 4.43. The molecular weight excluding hydrogens is 236 g/mol. The second kappa shape index (κ2) is 6.58. The Morgan fingerprint density at radius 3 is 2.63 bits per heavy atom. The second-order valence-electron chi connectivity index (χ2n) is 6.74. The molecule has 0 radical (unpaired) electrons. The molecule has 0 atom stereocenters. The topological polar surface area (TPSA) is 28.4 Å². The molecule has 2 heterocycles. The van der Waals surface area contributed by atoms with Gasteiger partial charge in [0.15, 0.2) is 0 Å². The Balaban J connectivity index is 1.58. The molecule has 1 aliphatic heterocycles. The number of rotatable bonds is 5. The summed E-state index contributed by atoms with van der Waals surface area (Å²) < 4.78 is 5.30. The first kappa shape index (κ1) is 14.6. The van der Waals surface area contributed by atoms with Crippen molar-refractivity contribution in [1.82, 2.24) is 10.2 Å². The van der Waals surface area contributed by atoms with Crippen molar-refractivity contribution in [2.24, 2.45) is 11.3 Å². The molecule has 108 valence electrons. The molecule has 0 bridgehead atoms. The smallest absolute Gasteiger partial charge is 0.117 e. The number of hydrogen-bond acceptors (Lipinski definition) is 3. The van der Waals surface area contributed by atoms with Gasteiger partial charge in [0.2, 0.25) is 0 Å². The van der Waals surface area contributed by atoms with Crippen LogP contribution in [0.3, 0.4) is 0 Å². The van der Waals surface area contributed by atoms with Crippen molar-refractivity contribution in [3.05, 3.63) is 24.2 Å². The maximum atomic E-state index is 5.30. The number of nitrogens with one attached hydrogen (secondary N) is 1. The van der Waals surface area contributed by atoms with Crippen molar-refractivity contribution in [2.45, 2.75) is 40.2 Å². The van der Waals surface area contributed by atoms with E-state index in [1.165, 1.54) is 25.9 Å². The van der Waals surface area contributed by atoms with E-state index < -0.39 is 0 Å². The van der Waals surface area contributed by atoms with Crippen LogP contribution in [0.5, 0.6) is 0 Å². The van der Waals surface area contributed by atoms with Gasteiger partial charge in [-0.2, -0.15) is 0 Å². The molecule has 0 aromatic carbocycles. The second-order valence-corrected chi connectivity index (χ2v) is 6.74. The Kier molecular flexibility index (Phi) is 5.06. The number of piperidine rings is 1. The van der Waals surface area contributed by atoms with Crippen LogP contribution in [0.25, 0.3) is 0 Å². The Labute approximate surface area is 117 Å². The molecule has 1 saturated heterocycles. The third-order valence-corrected chi connectivity index (χ3v) is 4.30. The molecule has 0 spiro atoms. The van der Waals surface area contributed by atoms with E-state index in [1.807, 2.05) is 12.1 Å². The zero-order valence-corrected chi connectivity index (χ0v) is 12.6. The van der Waals surface area contributed by atoms with E-state index in [9.17, 15) is 0 Å². The molecule has 1 aromatic heterocycles. The van der Waals surface area contributed by atoms with E-state index in [0.717, 1.165) is 31.3 Å². The first-order chi connectivity index (χ1) is 9.05. The van der Waals surface area contributed by atoms with Gasteiger partial charge < -0.3 is 14.6 Å². The van der Waals surface area contributed by atoms with Gasteiger partial charge in [-0.05, 0) is 49.4 Å². The molecule has 1 N–H and O–H groups in total. The molecule has 0 aliphatic carbocycles. The highest BCUT2D eigenvalue weighted by Gasteiger charge is 2.28. The zero-order valence-electron chi connectivity index (χ0n) is 12.6. The summed E-state index contributed by atoms with van der Waals surface area (Å²) in [6, 6.07) is 3.95. The average molecular weight is 264 g/mol. The van der Waals surface area contributed by atoms with Crippen molar-refractivity contribution < 1.29 is 4.42 Å². The summed E-state index contributed by atoms with van der Waals surface area (Å²) in [4.78, 5) is 2.58. The lowest BCUT2D eigenvalue weighted by Gasteiger charge is -2.38. The molecular formula is C16H28N2O. The van der Waals surface area contributed by atoms with Crippen LogP contribution in [0.4, 0.5) is 0 Å². The van der Waals surface area contributed by atoms with Crippen molar-refractivity contribution in [3.8, 4) is 0 Å². The first-order valence-electron chi connectivity index (χ1n) is 7.51. The molecule has 1 aliphatic rings. The first-order valence-corrected chi connectivity index (χ1v) is 7.51. The molecule has 19 heavy (non-hydrogen) atoms. The Bertz CT molecular complexity index is 345. The lowest BCUT2D eigenvalue weighted by Crippen LogP contribution is -2.40. The van der Waals surface area contributed by atoms with E-state index in [-0.39, 0.29) is 0 Å². The van der Waals surface area contributed by atoms with Gasteiger partial charge in [-0.15, -0.1) is 0 Å². The van der Waals surface area contributed by atoms with Crippen LogP contribution in [-0.4, -0.2) is 31.1 Å². The van der Waals surface area contributed by atoms with E-state index in [0.29, 0.717) is 5.41 Å². The van der Waals surface area contributed by atoms with Crippen LogP contribution in [0, 0.1) is 11.3 Å². The summed E-state index contributed by atoms with van der Waals surface area (Å²) in [7, 11) is 0. The van der Waals surface area contributed by atoms with Gasteiger partial charge in [0.25, 0.3) is 0 Å². The third kappa shape index (κ3) is 4.66. The highest BCUT2D eigenvalue weighted by molar-refractivity contribution is 4.97. The van der Waals surface area contributed by atoms with Gasteiger partial charge in [-0.25, -0.2) is 0 Å². The Morgan fingerprint density at radius 2 is 2.05 bits per heavy atom. The number of furan rings is 1. The maximum Gasteiger partial charge on any atom is 0.117 e. The maximum absolute atomic E-state index is 5.30. The van der Waals surface area contributed by atoms with Crippen LogP contribution in [0.2, 0.25) is 0 Å². The van der Waals surface area contributed by atoms with E-state index in [4.69, 9.17) is 4.42 Å². The highest BCUT2D eigenvalue weighted by atomic mass is 16.3. The molecule has 3 nitrogen and oxygen atoms in total. The number of hydrogen-bond donors (Lipinski definition) is 1. The summed E-state index contributed by atoms with van der Waals surface area (Å²) >= 11 is 0. The monoisotopic (exact) mass is 264 g/mol. The molecule has 0 unspecified atom stereocenters. The molecule has 2 rings (SSSR count). The van der Waals surface area contributed by atoms with Crippen molar-refractivity contribution in [2.75, 3.05) is 26.2 Å². The van der Waals surface area contributed by atoms with Gasteiger partial charge >= 0.3 is 0 Å². The fourth-order valence-corrected chi connectivity index (χ4v) is 2.88. The minimum Gasteiger partial charge on any atom is -0.468 e. The number of likely N-dealkylation sites (tertiary alicyclic amines) is 1.